The molecule has 7 heteroatoms. The number of aromatic carboxylic acids is 1. The molecule has 1 aromatic heterocycles. The van der Waals surface area contributed by atoms with Gasteiger partial charge in [0, 0.05) is 15.9 Å². The molecule has 0 amide bonds. The summed E-state index contributed by atoms with van der Waals surface area (Å²) in [6.07, 6.45) is -4.54. The van der Waals surface area contributed by atoms with Crippen LogP contribution in [0.25, 0.3) is 5.69 Å². The Bertz CT molecular complexity index is 720. The fraction of sp³-hybridized carbons (Fsp3) is 0.214. The second kappa shape index (κ2) is 5.22. The summed E-state index contributed by atoms with van der Waals surface area (Å²) in [4.78, 5) is 11.1. The van der Waals surface area contributed by atoms with E-state index in [1.165, 1.54) is 29.7 Å². The van der Waals surface area contributed by atoms with Crippen LogP contribution in [0.3, 0.4) is 0 Å². The van der Waals surface area contributed by atoms with E-state index in [2.05, 4.69) is 15.9 Å². The van der Waals surface area contributed by atoms with Crippen molar-refractivity contribution in [1.82, 2.24) is 4.57 Å². The Morgan fingerprint density at radius 1 is 1.24 bits per heavy atom. The molecule has 0 atom stereocenters. The van der Waals surface area contributed by atoms with Gasteiger partial charge in [-0.3, -0.25) is 0 Å². The largest absolute Gasteiger partial charge is 0.478 e. The van der Waals surface area contributed by atoms with E-state index in [4.69, 9.17) is 5.11 Å². The molecule has 0 spiro atoms. The van der Waals surface area contributed by atoms with Crippen molar-refractivity contribution < 1.29 is 23.1 Å². The van der Waals surface area contributed by atoms with Gasteiger partial charge in [0.25, 0.3) is 0 Å². The van der Waals surface area contributed by atoms with E-state index >= 15 is 0 Å². The first-order valence-electron chi connectivity index (χ1n) is 5.92. The lowest BCUT2D eigenvalue weighted by atomic mass is 10.1. The Hall–Kier alpha value is -1.76. The van der Waals surface area contributed by atoms with Crippen molar-refractivity contribution in [3.05, 3.63) is 51.3 Å². The van der Waals surface area contributed by atoms with Gasteiger partial charge >= 0.3 is 12.1 Å². The Kier molecular flexibility index (Phi) is 3.88. The number of hydrogen-bond acceptors (Lipinski definition) is 1. The minimum absolute atomic E-state index is 0.0106. The molecule has 2 aromatic rings. The molecule has 1 N–H and O–H groups in total. The molecule has 1 aromatic carbocycles. The predicted molar refractivity (Wildman–Crippen MR) is 74.9 cm³/mol. The zero-order chi connectivity index (χ0) is 15.9. The number of hydrogen-bond donors (Lipinski definition) is 1. The lowest BCUT2D eigenvalue weighted by Crippen LogP contribution is -2.12. The number of aryl methyl sites for hydroxylation is 1. The highest BCUT2D eigenvalue weighted by atomic mass is 79.9. The number of carbonyl (C=O) groups is 1. The molecule has 0 saturated carbocycles. The van der Waals surface area contributed by atoms with Gasteiger partial charge in [0.05, 0.1) is 16.8 Å². The van der Waals surface area contributed by atoms with E-state index < -0.39 is 17.7 Å². The van der Waals surface area contributed by atoms with Crippen LogP contribution in [0, 0.1) is 13.8 Å². The maximum absolute atomic E-state index is 13.2. The van der Waals surface area contributed by atoms with Crippen LogP contribution in [0.15, 0.2) is 28.7 Å². The number of aromatic nitrogens is 1. The number of carboxylic acid groups (broad SMARTS) is 1. The highest BCUT2D eigenvalue weighted by Gasteiger charge is 2.35. The predicted octanol–water partition coefficient (Wildman–Crippen LogP) is 4.57. The smallest absolute Gasteiger partial charge is 0.418 e. The van der Waals surface area contributed by atoms with Crippen molar-refractivity contribution in [2.75, 3.05) is 0 Å². The Labute approximate surface area is 127 Å². The van der Waals surface area contributed by atoms with Crippen molar-refractivity contribution in [2.24, 2.45) is 0 Å². The molecule has 112 valence electrons. The molecule has 0 aliphatic heterocycles. The van der Waals surface area contributed by atoms with Crippen LogP contribution in [0.5, 0.6) is 0 Å². The van der Waals surface area contributed by atoms with Crippen molar-refractivity contribution >= 4 is 21.9 Å². The molecular formula is C14H11BrF3NO2. The SMILES string of the molecule is Cc1cc(C(=O)O)c(C)n1-c1ccc(Br)cc1C(F)(F)F. The first kappa shape index (κ1) is 15.6. The van der Waals surface area contributed by atoms with Gasteiger partial charge in [0.15, 0.2) is 0 Å². The zero-order valence-electron chi connectivity index (χ0n) is 11.1. The van der Waals surface area contributed by atoms with Crippen molar-refractivity contribution in [3.8, 4) is 5.69 Å². The molecule has 0 radical (unpaired) electrons. The number of alkyl halides is 3. The number of benzene rings is 1. The normalized spacial score (nSPS) is 11.7. The Morgan fingerprint density at radius 2 is 1.86 bits per heavy atom. The fourth-order valence-electron chi connectivity index (χ4n) is 2.28. The topological polar surface area (TPSA) is 42.2 Å². The van der Waals surface area contributed by atoms with Crippen molar-refractivity contribution in [3.63, 3.8) is 0 Å². The summed E-state index contributed by atoms with van der Waals surface area (Å²) in [5, 5.41) is 9.08. The van der Waals surface area contributed by atoms with Crippen LogP contribution in [-0.2, 0) is 6.18 Å². The van der Waals surface area contributed by atoms with Gasteiger partial charge in [-0.25, -0.2) is 4.79 Å². The molecular weight excluding hydrogens is 351 g/mol. The third-order valence-electron chi connectivity index (χ3n) is 3.17. The third-order valence-corrected chi connectivity index (χ3v) is 3.66. The molecule has 0 aliphatic carbocycles. The van der Waals surface area contributed by atoms with E-state index in [9.17, 15) is 18.0 Å². The van der Waals surface area contributed by atoms with Gasteiger partial charge in [-0.15, -0.1) is 0 Å². The van der Waals surface area contributed by atoms with E-state index in [1.54, 1.807) is 6.92 Å². The van der Waals surface area contributed by atoms with Gasteiger partial charge in [-0.05, 0) is 38.1 Å². The number of nitrogens with zero attached hydrogens (tertiary/aromatic N) is 1. The molecule has 0 saturated heterocycles. The summed E-state index contributed by atoms with van der Waals surface area (Å²) in [5.74, 6) is -1.17. The Balaban J connectivity index is 2.77. The van der Waals surface area contributed by atoms with Gasteiger partial charge in [0.1, 0.15) is 0 Å². The van der Waals surface area contributed by atoms with Gasteiger partial charge in [0.2, 0.25) is 0 Å². The van der Waals surface area contributed by atoms with Crippen LogP contribution < -0.4 is 0 Å². The summed E-state index contributed by atoms with van der Waals surface area (Å²) in [6, 6.07) is 5.15. The van der Waals surface area contributed by atoms with Gasteiger partial charge in [-0.1, -0.05) is 15.9 Å². The lowest BCUT2D eigenvalue weighted by molar-refractivity contribution is -0.137. The zero-order valence-corrected chi connectivity index (χ0v) is 12.7. The quantitative estimate of drug-likeness (QED) is 0.850. The van der Waals surface area contributed by atoms with Crippen LogP contribution in [0.1, 0.15) is 27.3 Å². The van der Waals surface area contributed by atoms with Crippen LogP contribution >= 0.6 is 15.9 Å². The van der Waals surface area contributed by atoms with Crippen molar-refractivity contribution in [2.45, 2.75) is 20.0 Å². The molecule has 21 heavy (non-hydrogen) atoms. The second-order valence-electron chi connectivity index (χ2n) is 4.58. The highest BCUT2D eigenvalue weighted by molar-refractivity contribution is 9.10. The van der Waals surface area contributed by atoms with E-state index in [1.807, 2.05) is 0 Å². The van der Waals surface area contributed by atoms with Crippen LogP contribution in [0.4, 0.5) is 13.2 Å². The lowest BCUT2D eigenvalue weighted by Gasteiger charge is -2.17. The van der Waals surface area contributed by atoms with E-state index in [0.29, 0.717) is 10.2 Å². The van der Waals surface area contributed by atoms with E-state index in [-0.39, 0.29) is 16.9 Å². The number of halogens is 4. The minimum atomic E-state index is -4.54. The highest BCUT2D eigenvalue weighted by Crippen LogP contribution is 2.37. The van der Waals surface area contributed by atoms with Gasteiger partial charge < -0.3 is 9.67 Å². The number of carboxylic acids is 1. The van der Waals surface area contributed by atoms with Crippen molar-refractivity contribution in [1.29, 1.82) is 0 Å². The minimum Gasteiger partial charge on any atom is -0.478 e. The van der Waals surface area contributed by atoms with Crippen LogP contribution in [-0.4, -0.2) is 15.6 Å². The van der Waals surface area contributed by atoms with Crippen LogP contribution in [0.2, 0.25) is 0 Å². The van der Waals surface area contributed by atoms with E-state index in [0.717, 1.165) is 6.07 Å². The number of rotatable bonds is 2. The average molecular weight is 362 g/mol. The molecule has 1 heterocycles. The molecule has 3 nitrogen and oxygen atoms in total. The average Bonchev–Trinajstić information content (AvgIpc) is 2.64. The first-order chi connectivity index (χ1) is 9.62. The molecule has 0 unspecified atom stereocenters. The monoisotopic (exact) mass is 361 g/mol. The molecule has 0 bridgehead atoms. The molecule has 0 aliphatic rings. The maximum atomic E-state index is 13.2. The standard InChI is InChI=1S/C14H11BrF3NO2/c1-7-5-10(13(20)21)8(2)19(7)12-4-3-9(15)6-11(12)14(16,17)18/h3-6H,1-2H3,(H,20,21). The first-order valence-corrected chi connectivity index (χ1v) is 6.71. The van der Waals surface area contributed by atoms with Gasteiger partial charge in [-0.2, -0.15) is 13.2 Å². The molecule has 2 rings (SSSR count). The summed E-state index contributed by atoms with van der Waals surface area (Å²) in [6.45, 7) is 3.06. The molecule has 0 fully saturated rings. The third kappa shape index (κ3) is 2.83. The summed E-state index contributed by atoms with van der Waals surface area (Å²) in [7, 11) is 0. The Morgan fingerprint density at radius 3 is 2.33 bits per heavy atom. The summed E-state index contributed by atoms with van der Waals surface area (Å²) >= 11 is 3.02. The summed E-state index contributed by atoms with van der Waals surface area (Å²) < 4.78 is 41.2. The fourth-order valence-corrected chi connectivity index (χ4v) is 2.64. The maximum Gasteiger partial charge on any atom is 0.418 e. The second-order valence-corrected chi connectivity index (χ2v) is 5.50. The summed E-state index contributed by atoms with van der Waals surface area (Å²) in [5.41, 5.74) is -0.238.